The van der Waals surface area contributed by atoms with Crippen molar-refractivity contribution in [2.75, 3.05) is 20.6 Å². The summed E-state index contributed by atoms with van der Waals surface area (Å²) in [5.41, 5.74) is 4.25. The first kappa shape index (κ1) is 18.4. The molecule has 5 nitrogen and oxygen atoms in total. The number of pyridine rings is 1. The molecule has 1 atom stereocenters. The lowest BCUT2D eigenvalue weighted by atomic mass is 10.0. The van der Waals surface area contributed by atoms with E-state index in [1.165, 1.54) is 16.5 Å². The molecule has 0 aliphatic carbocycles. The minimum Gasteiger partial charge on any atom is -0.348 e. The summed E-state index contributed by atoms with van der Waals surface area (Å²) in [6.07, 6.45) is 3.74. The van der Waals surface area contributed by atoms with Gasteiger partial charge in [-0.15, -0.1) is 0 Å². The Labute approximate surface area is 165 Å². The van der Waals surface area contributed by atoms with Crippen LogP contribution in [-0.2, 0) is 7.05 Å². The number of nitrogens with one attached hydrogen (secondary N) is 1. The molecule has 0 unspecified atom stereocenters. The zero-order chi connectivity index (χ0) is 20.0. The van der Waals surface area contributed by atoms with Crippen LogP contribution in [0.3, 0.4) is 0 Å². The zero-order valence-corrected chi connectivity index (χ0v) is 17.1. The van der Waals surface area contributed by atoms with Crippen molar-refractivity contribution >= 4 is 38.5 Å². The average molecular weight is 374 g/mol. The van der Waals surface area contributed by atoms with Gasteiger partial charge in [0.1, 0.15) is 0 Å². The predicted molar refractivity (Wildman–Crippen MR) is 116 cm³/mol. The number of fused-ring (bicyclic) bond motifs is 4. The minimum absolute atomic E-state index is 0.0348. The van der Waals surface area contributed by atoms with E-state index >= 15 is 0 Å². The smallest absolute Gasteiger partial charge is 0.251 e. The molecule has 28 heavy (non-hydrogen) atoms. The van der Waals surface area contributed by atoms with Crippen molar-refractivity contribution in [1.82, 2.24) is 19.8 Å². The molecule has 4 rings (SSSR count). The second kappa shape index (κ2) is 6.91. The number of aryl methyl sites for hydroxylation is 2. The third-order valence-corrected chi connectivity index (χ3v) is 5.43. The average Bonchev–Trinajstić information content (AvgIpc) is 2.93. The number of likely N-dealkylation sites (N-methyl/N-ethyl adjacent to an activating group) is 1. The van der Waals surface area contributed by atoms with E-state index < -0.39 is 0 Å². The fourth-order valence-corrected chi connectivity index (χ4v) is 4.26. The molecule has 1 amide bonds. The molecule has 4 aromatic rings. The monoisotopic (exact) mass is 374 g/mol. The van der Waals surface area contributed by atoms with Gasteiger partial charge in [-0.05, 0) is 69.2 Å². The van der Waals surface area contributed by atoms with Gasteiger partial charge in [-0.2, -0.15) is 0 Å². The summed E-state index contributed by atoms with van der Waals surface area (Å²) in [5.74, 6) is -0.0348. The van der Waals surface area contributed by atoms with Gasteiger partial charge in [-0.3, -0.25) is 9.78 Å². The van der Waals surface area contributed by atoms with Crippen LogP contribution in [-0.4, -0.2) is 47.0 Å². The Kier molecular flexibility index (Phi) is 4.55. The van der Waals surface area contributed by atoms with Crippen molar-refractivity contribution in [3.8, 4) is 0 Å². The van der Waals surface area contributed by atoms with E-state index in [0.29, 0.717) is 5.56 Å². The normalized spacial score (nSPS) is 12.9. The van der Waals surface area contributed by atoms with E-state index in [9.17, 15) is 4.79 Å². The summed E-state index contributed by atoms with van der Waals surface area (Å²) >= 11 is 0. The molecule has 0 aliphatic rings. The van der Waals surface area contributed by atoms with E-state index in [4.69, 9.17) is 0 Å². The Hall–Kier alpha value is -2.92. The van der Waals surface area contributed by atoms with Gasteiger partial charge in [0.05, 0.1) is 5.52 Å². The maximum absolute atomic E-state index is 12.8. The Morgan fingerprint density at radius 3 is 2.71 bits per heavy atom. The summed E-state index contributed by atoms with van der Waals surface area (Å²) in [5, 5.41) is 7.68. The van der Waals surface area contributed by atoms with E-state index in [-0.39, 0.29) is 11.9 Å². The lowest BCUT2D eigenvalue weighted by Gasteiger charge is -2.18. The Morgan fingerprint density at radius 1 is 1.18 bits per heavy atom. The Balaban J connectivity index is 1.85. The molecule has 0 saturated heterocycles. The Bertz CT molecular complexity index is 1210. The molecule has 0 saturated carbocycles. The van der Waals surface area contributed by atoms with Crippen molar-refractivity contribution in [1.29, 1.82) is 0 Å². The van der Waals surface area contributed by atoms with E-state index in [0.717, 1.165) is 28.2 Å². The summed E-state index contributed by atoms with van der Waals surface area (Å²) < 4.78 is 2.22. The summed E-state index contributed by atoms with van der Waals surface area (Å²) in [6, 6.07) is 10.3. The molecular formula is C23H26N4O. The first-order valence-corrected chi connectivity index (χ1v) is 9.58. The lowest BCUT2D eigenvalue weighted by molar-refractivity contribution is 0.0934. The molecule has 0 fully saturated rings. The quantitative estimate of drug-likeness (QED) is 0.590. The second-order valence-corrected chi connectivity index (χ2v) is 7.92. The molecule has 0 radical (unpaired) electrons. The SMILES string of the molecule is Cc1c2ccncc2cc2c3cc(C(=O)N[C@H](C)CN(C)C)ccc3n(C)c12. The highest BCUT2D eigenvalue weighted by Gasteiger charge is 2.16. The number of carbonyl (C=O) groups excluding carboxylic acids is 1. The van der Waals surface area contributed by atoms with Gasteiger partial charge in [-0.25, -0.2) is 0 Å². The second-order valence-electron chi connectivity index (χ2n) is 7.92. The van der Waals surface area contributed by atoms with Crippen LogP contribution in [0, 0.1) is 6.92 Å². The number of aromatic nitrogens is 2. The van der Waals surface area contributed by atoms with Crippen molar-refractivity contribution < 1.29 is 4.79 Å². The standard InChI is InChI=1S/C23H26N4O/c1-14(13-26(3)4)25-23(28)16-6-7-21-19(10-16)20-11-17-12-24-9-8-18(17)15(2)22(20)27(21)5/h6-12,14H,13H2,1-5H3,(H,25,28)/t14-/m1/s1. The third kappa shape index (κ3) is 3.02. The van der Waals surface area contributed by atoms with Gasteiger partial charge in [0, 0.05) is 59.3 Å². The molecule has 0 spiro atoms. The highest BCUT2D eigenvalue weighted by molar-refractivity contribution is 6.15. The maximum Gasteiger partial charge on any atom is 0.251 e. The number of amides is 1. The highest BCUT2D eigenvalue weighted by Crippen LogP contribution is 2.35. The van der Waals surface area contributed by atoms with E-state index in [2.05, 4.69) is 45.9 Å². The van der Waals surface area contributed by atoms with Crippen LogP contribution in [0.25, 0.3) is 32.6 Å². The number of hydrogen-bond donors (Lipinski definition) is 1. The molecule has 144 valence electrons. The van der Waals surface area contributed by atoms with E-state index in [1.54, 1.807) is 0 Å². The van der Waals surface area contributed by atoms with Crippen molar-refractivity contribution in [2.45, 2.75) is 19.9 Å². The Morgan fingerprint density at radius 2 is 1.96 bits per heavy atom. The van der Waals surface area contributed by atoms with Crippen LogP contribution in [0.5, 0.6) is 0 Å². The summed E-state index contributed by atoms with van der Waals surface area (Å²) in [4.78, 5) is 19.1. The van der Waals surface area contributed by atoms with Crippen molar-refractivity contribution in [3.05, 3.63) is 53.9 Å². The summed E-state index contributed by atoms with van der Waals surface area (Å²) in [6.45, 7) is 4.98. The van der Waals surface area contributed by atoms with Crippen LogP contribution >= 0.6 is 0 Å². The number of carbonyl (C=O) groups is 1. The van der Waals surface area contributed by atoms with Crippen LogP contribution in [0.1, 0.15) is 22.8 Å². The summed E-state index contributed by atoms with van der Waals surface area (Å²) in [7, 11) is 6.10. The number of nitrogens with zero attached hydrogens (tertiary/aromatic N) is 3. The first-order valence-electron chi connectivity index (χ1n) is 9.58. The van der Waals surface area contributed by atoms with Crippen molar-refractivity contribution in [3.63, 3.8) is 0 Å². The van der Waals surface area contributed by atoms with Crippen LogP contribution in [0.15, 0.2) is 42.7 Å². The van der Waals surface area contributed by atoms with Crippen LogP contribution in [0.4, 0.5) is 0 Å². The van der Waals surface area contributed by atoms with Gasteiger partial charge in [0.15, 0.2) is 0 Å². The first-order chi connectivity index (χ1) is 13.4. The fraction of sp³-hybridized carbons (Fsp3) is 0.304. The van der Waals surface area contributed by atoms with E-state index in [1.807, 2.05) is 51.6 Å². The van der Waals surface area contributed by atoms with Gasteiger partial charge in [0.25, 0.3) is 5.91 Å². The molecule has 5 heteroatoms. The van der Waals surface area contributed by atoms with Gasteiger partial charge in [0.2, 0.25) is 0 Å². The van der Waals surface area contributed by atoms with Gasteiger partial charge >= 0.3 is 0 Å². The molecule has 0 aliphatic heterocycles. The molecule has 2 aromatic heterocycles. The predicted octanol–water partition coefficient (Wildman–Crippen LogP) is 3.87. The number of hydrogen-bond acceptors (Lipinski definition) is 3. The van der Waals surface area contributed by atoms with Crippen molar-refractivity contribution in [2.24, 2.45) is 7.05 Å². The molecule has 2 aromatic carbocycles. The third-order valence-electron chi connectivity index (χ3n) is 5.43. The van der Waals surface area contributed by atoms with Crippen LogP contribution in [0.2, 0.25) is 0 Å². The molecule has 1 N–H and O–H groups in total. The molecular weight excluding hydrogens is 348 g/mol. The largest absolute Gasteiger partial charge is 0.348 e. The van der Waals surface area contributed by atoms with Gasteiger partial charge in [-0.1, -0.05) is 0 Å². The molecule has 2 heterocycles. The minimum atomic E-state index is -0.0348. The topological polar surface area (TPSA) is 50.2 Å². The van der Waals surface area contributed by atoms with Crippen LogP contribution < -0.4 is 5.32 Å². The maximum atomic E-state index is 12.8. The number of rotatable bonds is 4. The lowest BCUT2D eigenvalue weighted by Crippen LogP contribution is -2.39. The van der Waals surface area contributed by atoms with Gasteiger partial charge < -0.3 is 14.8 Å². The molecule has 0 bridgehead atoms. The zero-order valence-electron chi connectivity index (χ0n) is 17.1. The fourth-order valence-electron chi connectivity index (χ4n) is 4.26. The highest BCUT2D eigenvalue weighted by atomic mass is 16.1. The number of benzene rings is 2.